The van der Waals surface area contributed by atoms with Crippen LogP contribution in [0, 0.1) is 0 Å². The summed E-state index contributed by atoms with van der Waals surface area (Å²) in [5, 5.41) is 9.26. The van der Waals surface area contributed by atoms with Crippen LogP contribution in [-0.2, 0) is 10.2 Å². The van der Waals surface area contributed by atoms with Crippen molar-refractivity contribution in [3.8, 4) is 0 Å². The van der Waals surface area contributed by atoms with Gasteiger partial charge in [0, 0.05) is 36.0 Å². The van der Waals surface area contributed by atoms with Crippen molar-refractivity contribution >= 4 is 47.2 Å². The number of piperidine rings is 1. The van der Waals surface area contributed by atoms with E-state index in [1.54, 1.807) is 0 Å². The Morgan fingerprint density at radius 3 is 2.62 bits per heavy atom. The second kappa shape index (κ2) is 12.1. The van der Waals surface area contributed by atoms with Crippen LogP contribution in [0.25, 0.3) is 0 Å². The number of carbonyl (C=O) groups excluding carboxylic acids is 1. The molecule has 0 unspecified atom stereocenters. The molecule has 1 saturated heterocycles. The maximum absolute atomic E-state index is 11.1. The highest BCUT2D eigenvalue weighted by atomic mass is 127. The molecule has 8 heteroatoms. The number of primary amides is 1. The molecule has 4 N–H and O–H groups in total. The van der Waals surface area contributed by atoms with Crippen LogP contribution in [0.15, 0.2) is 22.5 Å². The van der Waals surface area contributed by atoms with Gasteiger partial charge in [0.1, 0.15) is 0 Å². The third-order valence-electron chi connectivity index (χ3n) is 6.05. The first kappa shape index (κ1) is 24.4. The summed E-state index contributed by atoms with van der Waals surface area (Å²) in [7, 11) is 0. The number of halogens is 1. The normalized spacial score (nSPS) is 20.7. The molecule has 164 valence electrons. The Labute approximate surface area is 196 Å². The minimum Gasteiger partial charge on any atom is -0.369 e. The molecule has 1 aliphatic carbocycles. The second-order valence-corrected chi connectivity index (χ2v) is 9.12. The number of carbonyl (C=O) groups is 1. The molecule has 0 radical (unpaired) electrons. The van der Waals surface area contributed by atoms with Gasteiger partial charge in [-0.25, -0.2) is 0 Å². The summed E-state index contributed by atoms with van der Waals surface area (Å²) in [6.07, 6.45) is 8.44. The summed E-state index contributed by atoms with van der Waals surface area (Å²) in [5.41, 5.74) is 5.52. The molecule has 29 heavy (non-hydrogen) atoms. The molecule has 1 aromatic rings. The fourth-order valence-electron chi connectivity index (χ4n) is 4.49. The van der Waals surface area contributed by atoms with Gasteiger partial charge in [-0.2, -0.15) is 0 Å². The van der Waals surface area contributed by atoms with E-state index in [0.717, 1.165) is 45.0 Å². The lowest BCUT2D eigenvalue weighted by atomic mass is 9.73. The van der Waals surface area contributed by atoms with Gasteiger partial charge >= 0.3 is 0 Å². The average molecular weight is 534 g/mol. The fourth-order valence-corrected chi connectivity index (χ4v) is 5.47. The standard InChI is InChI=1S/C21H35N5OS.HI/c1-2-23-20(25-17-8-12-26(13-9-17)15-19(22)27)24-16-21(10-4-3-5-11-21)18-7-6-14-28-18;/h6-7,14,17H,2-5,8-13,15-16H2,1H3,(H2,22,27)(H2,23,24,25);1H. The number of nitrogens with one attached hydrogen (secondary N) is 2. The van der Waals surface area contributed by atoms with Gasteiger partial charge in [-0.15, -0.1) is 35.3 Å². The van der Waals surface area contributed by atoms with Crippen molar-refractivity contribution in [3.05, 3.63) is 22.4 Å². The number of hydrogen-bond donors (Lipinski definition) is 3. The lowest BCUT2D eigenvalue weighted by Crippen LogP contribution is -2.50. The number of thiophene rings is 1. The first-order chi connectivity index (χ1) is 13.6. The number of nitrogens with zero attached hydrogens (tertiary/aromatic N) is 2. The molecule has 3 rings (SSSR count). The third-order valence-corrected chi connectivity index (χ3v) is 7.16. The molecule has 0 atom stereocenters. The summed E-state index contributed by atoms with van der Waals surface area (Å²) < 4.78 is 0. The lowest BCUT2D eigenvalue weighted by molar-refractivity contribution is -0.119. The number of hydrogen-bond acceptors (Lipinski definition) is 4. The zero-order chi connectivity index (χ0) is 19.8. The maximum atomic E-state index is 11.1. The summed E-state index contributed by atoms with van der Waals surface area (Å²) in [6.45, 7) is 5.99. The molecule has 2 fully saturated rings. The molecule has 2 aliphatic rings. The largest absolute Gasteiger partial charge is 0.369 e. The topological polar surface area (TPSA) is 82.8 Å². The van der Waals surface area contributed by atoms with E-state index in [1.807, 2.05) is 11.3 Å². The Hall–Kier alpha value is -0.870. The van der Waals surface area contributed by atoms with E-state index in [2.05, 4.69) is 40.0 Å². The van der Waals surface area contributed by atoms with Crippen molar-refractivity contribution in [2.75, 3.05) is 32.7 Å². The van der Waals surface area contributed by atoms with E-state index >= 15 is 0 Å². The first-order valence-electron chi connectivity index (χ1n) is 10.7. The van der Waals surface area contributed by atoms with E-state index in [1.165, 1.54) is 37.0 Å². The van der Waals surface area contributed by atoms with Gasteiger partial charge in [0.25, 0.3) is 0 Å². The first-order valence-corrected chi connectivity index (χ1v) is 11.6. The molecule has 0 spiro atoms. The van der Waals surface area contributed by atoms with Crippen molar-refractivity contribution < 1.29 is 4.79 Å². The Bertz CT molecular complexity index is 638. The van der Waals surface area contributed by atoms with Crippen molar-refractivity contribution in [1.29, 1.82) is 0 Å². The van der Waals surface area contributed by atoms with Gasteiger partial charge in [0.15, 0.2) is 5.96 Å². The highest BCUT2D eigenvalue weighted by molar-refractivity contribution is 14.0. The minimum atomic E-state index is -0.243. The Morgan fingerprint density at radius 1 is 1.31 bits per heavy atom. The van der Waals surface area contributed by atoms with Gasteiger partial charge in [0.05, 0.1) is 13.1 Å². The van der Waals surface area contributed by atoms with Crippen LogP contribution in [0.5, 0.6) is 0 Å². The van der Waals surface area contributed by atoms with Crippen molar-refractivity contribution in [2.24, 2.45) is 10.7 Å². The van der Waals surface area contributed by atoms with Crippen LogP contribution in [0.4, 0.5) is 0 Å². The van der Waals surface area contributed by atoms with Crippen LogP contribution in [0.1, 0.15) is 56.7 Å². The van der Waals surface area contributed by atoms with Gasteiger partial charge in [-0.1, -0.05) is 25.3 Å². The summed E-state index contributed by atoms with van der Waals surface area (Å²) in [4.78, 5) is 19.8. The molecule has 1 amide bonds. The zero-order valence-electron chi connectivity index (χ0n) is 17.5. The van der Waals surface area contributed by atoms with E-state index < -0.39 is 0 Å². The monoisotopic (exact) mass is 533 g/mol. The van der Waals surface area contributed by atoms with E-state index in [9.17, 15) is 4.79 Å². The predicted octanol–water partition coefficient (Wildman–Crippen LogP) is 3.07. The van der Waals surface area contributed by atoms with Gasteiger partial charge < -0.3 is 16.4 Å². The number of amides is 1. The number of rotatable bonds is 7. The van der Waals surface area contributed by atoms with Gasteiger partial charge in [-0.05, 0) is 44.1 Å². The quantitative estimate of drug-likeness (QED) is 0.286. The second-order valence-electron chi connectivity index (χ2n) is 8.17. The Morgan fingerprint density at radius 2 is 2.03 bits per heavy atom. The molecule has 1 aromatic heterocycles. The van der Waals surface area contributed by atoms with Crippen molar-refractivity contribution in [1.82, 2.24) is 15.5 Å². The Kier molecular flexibility index (Phi) is 10.2. The molecule has 1 saturated carbocycles. The average Bonchev–Trinajstić information content (AvgIpc) is 3.24. The van der Waals surface area contributed by atoms with Crippen LogP contribution in [0.2, 0.25) is 0 Å². The Balaban J connectivity index is 0.00000300. The van der Waals surface area contributed by atoms with Crippen LogP contribution >= 0.6 is 35.3 Å². The van der Waals surface area contributed by atoms with Crippen molar-refractivity contribution in [2.45, 2.75) is 63.3 Å². The molecule has 1 aliphatic heterocycles. The van der Waals surface area contributed by atoms with E-state index in [0.29, 0.717) is 12.6 Å². The maximum Gasteiger partial charge on any atom is 0.231 e. The molecule has 6 nitrogen and oxygen atoms in total. The summed E-state index contributed by atoms with van der Waals surface area (Å²) in [5.74, 6) is 0.685. The minimum absolute atomic E-state index is 0. The summed E-state index contributed by atoms with van der Waals surface area (Å²) in [6, 6.07) is 4.86. The van der Waals surface area contributed by atoms with Crippen LogP contribution < -0.4 is 16.4 Å². The number of guanidine groups is 1. The SMILES string of the molecule is CCNC(=NCC1(c2cccs2)CCCCC1)NC1CCN(CC(N)=O)CC1.I. The molecular formula is C21H36IN5OS. The molecular weight excluding hydrogens is 497 g/mol. The molecule has 0 bridgehead atoms. The van der Waals surface area contributed by atoms with E-state index in [4.69, 9.17) is 10.7 Å². The molecule has 2 heterocycles. The van der Waals surface area contributed by atoms with Gasteiger partial charge in [-0.3, -0.25) is 14.7 Å². The summed E-state index contributed by atoms with van der Waals surface area (Å²) >= 11 is 1.88. The number of likely N-dealkylation sites (tertiary alicyclic amines) is 1. The zero-order valence-corrected chi connectivity index (χ0v) is 20.6. The number of aliphatic imine (C=N–C) groups is 1. The predicted molar refractivity (Wildman–Crippen MR) is 132 cm³/mol. The fraction of sp³-hybridized carbons (Fsp3) is 0.714. The van der Waals surface area contributed by atoms with E-state index in [-0.39, 0.29) is 35.3 Å². The van der Waals surface area contributed by atoms with Crippen LogP contribution in [-0.4, -0.2) is 55.5 Å². The lowest BCUT2D eigenvalue weighted by Gasteiger charge is -2.36. The third kappa shape index (κ3) is 7.10. The smallest absolute Gasteiger partial charge is 0.231 e. The molecule has 0 aromatic carbocycles. The highest BCUT2D eigenvalue weighted by Gasteiger charge is 2.35. The van der Waals surface area contributed by atoms with Gasteiger partial charge in [0.2, 0.25) is 5.91 Å². The highest BCUT2D eigenvalue weighted by Crippen LogP contribution is 2.41. The van der Waals surface area contributed by atoms with Crippen molar-refractivity contribution in [3.63, 3.8) is 0 Å². The number of nitrogens with two attached hydrogens (primary N) is 1. The van der Waals surface area contributed by atoms with Crippen LogP contribution in [0.3, 0.4) is 0 Å².